The number of fused-ring (bicyclic) bond motifs is 1. The standard InChI is InChI=1S/C19H17ClN8O4/c1-2-31-11-3-8(10(20)4-12(11)32-6-13(29)30)16-14-15(23)9(5-21)17(24)27-18(14)28-19(26-16)25-7-22/h3-4,16H,2,6H2,1H3,(H,29,30)(H6,23,24,25,26,27,28). The molecule has 0 aliphatic carbocycles. The summed E-state index contributed by atoms with van der Waals surface area (Å²) < 4.78 is 10.9. The molecular weight excluding hydrogens is 440 g/mol. The smallest absolute Gasteiger partial charge is 0.341 e. The molecule has 32 heavy (non-hydrogen) atoms. The monoisotopic (exact) mass is 456 g/mol. The van der Waals surface area contributed by atoms with Crippen molar-refractivity contribution in [2.24, 2.45) is 4.99 Å². The highest BCUT2D eigenvalue weighted by Gasteiger charge is 2.31. The molecule has 13 heteroatoms. The third-order valence-electron chi connectivity index (χ3n) is 4.37. The van der Waals surface area contributed by atoms with Crippen LogP contribution in [-0.2, 0) is 4.79 Å². The molecule has 0 radical (unpaired) electrons. The third kappa shape index (κ3) is 4.21. The number of rotatable bonds is 6. The van der Waals surface area contributed by atoms with Crippen molar-refractivity contribution in [2.45, 2.75) is 13.0 Å². The van der Waals surface area contributed by atoms with E-state index in [0.29, 0.717) is 11.1 Å². The molecule has 2 heterocycles. The van der Waals surface area contributed by atoms with E-state index in [0.717, 1.165) is 0 Å². The van der Waals surface area contributed by atoms with Gasteiger partial charge in [-0.2, -0.15) is 10.5 Å². The number of nitrogens with one attached hydrogen (secondary N) is 2. The summed E-state index contributed by atoms with van der Waals surface area (Å²) in [6, 6.07) is 3.93. The molecule has 7 N–H and O–H groups in total. The molecule has 0 bridgehead atoms. The summed E-state index contributed by atoms with van der Waals surface area (Å²) in [4.78, 5) is 19.5. The number of pyridine rings is 1. The largest absolute Gasteiger partial charge is 0.490 e. The van der Waals surface area contributed by atoms with Gasteiger partial charge in [0.2, 0.25) is 5.96 Å². The number of nitriles is 2. The molecule has 1 aromatic carbocycles. The lowest BCUT2D eigenvalue weighted by molar-refractivity contribution is -0.139. The molecule has 1 unspecified atom stereocenters. The predicted octanol–water partition coefficient (Wildman–Crippen LogP) is 1.57. The lowest BCUT2D eigenvalue weighted by Gasteiger charge is -2.27. The summed E-state index contributed by atoms with van der Waals surface area (Å²) in [6.45, 7) is 1.41. The Hall–Kier alpha value is -4.42. The molecule has 1 aliphatic rings. The Morgan fingerprint density at radius 1 is 1.34 bits per heavy atom. The maximum absolute atomic E-state index is 10.9. The normalized spacial score (nSPS) is 14.1. The van der Waals surface area contributed by atoms with Crippen molar-refractivity contribution in [3.05, 3.63) is 33.8 Å². The number of nitrogens with two attached hydrogens (primary N) is 2. The van der Waals surface area contributed by atoms with Crippen LogP contribution in [0.5, 0.6) is 11.5 Å². The van der Waals surface area contributed by atoms with E-state index in [1.165, 1.54) is 12.1 Å². The van der Waals surface area contributed by atoms with Crippen molar-refractivity contribution in [3.63, 3.8) is 0 Å². The summed E-state index contributed by atoms with van der Waals surface area (Å²) in [5.41, 5.74) is 12.8. The van der Waals surface area contributed by atoms with Gasteiger partial charge < -0.3 is 31.4 Å². The summed E-state index contributed by atoms with van der Waals surface area (Å²) in [5.74, 6) is -0.666. The van der Waals surface area contributed by atoms with Gasteiger partial charge in [0.1, 0.15) is 29.3 Å². The highest BCUT2D eigenvalue weighted by atomic mass is 35.5. The van der Waals surface area contributed by atoms with E-state index in [1.807, 2.05) is 6.07 Å². The quantitative estimate of drug-likeness (QED) is 0.311. The molecule has 164 valence electrons. The van der Waals surface area contributed by atoms with Crippen molar-refractivity contribution in [1.29, 1.82) is 10.5 Å². The maximum atomic E-state index is 10.9. The van der Waals surface area contributed by atoms with Crippen molar-refractivity contribution < 1.29 is 19.4 Å². The van der Waals surface area contributed by atoms with Crippen LogP contribution in [0.3, 0.4) is 0 Å². The summed E-state index contributed by atoms with van der Waals surface area (Å²) in [5, 5.41) is 32.7. The molecule has 0 fully saturated rings. The number of benzene rings is 1. The number of aliphatic carboxylic acids is 1. The Labute approximate surface area is 187 Å². The third-order valence-corrected chi connectivity index (χ3v) is 4.69. The van der Waals surface area contributed by atoms with E-state index in [-0.39, 0.29) is 52.0 Å². The van der Waals surface area contributed by atoms with Gasteiger partial charge in [0.15, 0.2) is 24.3 Å². The van der Waals surface area contributed by atoms with Crippen molar-refractivity contribution >= 4 is 40.9 Å². The highest BCUT2D eigenvalue weighted by Crippen LogP contribution is 2.45. The summed E-state index contributed by atoms with van der Waals surface area (Å²) in [6.07, 6.45) is 1.76. The zero-order chi connectivity index (χ0) is 23.4. The first-order valence-corrected chi connectivity index (χ1v) is 9.48. The van der Waals surface area contributed by atoms with Crippen LogP contribution in [0.25, 0.3) is 0 Å². The van der Waals surface area contributed by atoms with Gasteiger partial charge in [-0.3, -0.25) is 5.32 Å². The Bertz CT molecular complexity index is 1200. The lowest BCUT2D eigenvalue weighted by Crippen LogP contribution is -2.32. The van der Waals surface area contributed by atoms with E-state index >= 15 is 0 Å². The van der Waals surface area contributed by atoms with Crippen molar-refractivity contribution in [3.8, 4) is 23.8 Å². The van der Waals surface area contributed by atoms with Crippen LogP contribution in [0.1, 0.15) is 29.7 Å². The number of aliphatic imine (C=N–C) groups is 1. The fourth-order valence-electron chi connectivity index (χ4n) is 3.09. The number of carboxylic acid groups (broad SMARTS) is 1. The van der Waals surface area contributed by atoms with Gasteiger partial charge in [-0.25, -0.2) is 14.8 Å². The number of ether oxygens (including phenoxy) is 2. The first kappa shape index (κ1) is 22.3. The maximum Gasteiger partial charge on any atom is 0.341 e. The van der Waals surface area contributed by atoms with Crippen LogP contribution in [0, 0.1) is 22.8 Å². The number of hydrogen-bond acceptors (Lipinski definition) is 11. The average Bonchev–Trinajstić information content (AvgIpc) is 2.73. The Morgan fingerprint density at radius 3 is 2.69 bits per heavy atom. The van der Waals surface area contributed by atoms with Crippen molar-refractivity contribution in [2.75, 3.05) is 30.0 Å². The highest BCUT2D eigenvalue weighted by molar-refractivity contribution is 6.31. The second-order valence-corrected chi connectivity index (χ2v) is 6.74. The van der Waals surface area contributed by atoms with E-state index in [1.54, 1.807) is 13.1 Å². The fraction of sp³-hybridized carbons (Fsp3) is 0.211. The molecule has 0 amide bonds. The molecule has 1 atom stereocenters. The molecule has 2 aromatic rings. The van der Waals surface area contributed by atoms with Gasteiger partial charge in [-0.15, -0.1) is 0 Å². The minimum atomic E-state index is -1.17. The SMILES string of the molecule is CCOc1cc(C2N=C(NC#N)Nc3nc(N)c(C#N)c(N)c32)c(Cl)cc1OCC(=O)O. The van der Waals surface area contributed by atoms with Crippen LogP contribution in [0.2, 0.25) is 5.02 Å². The van der Waals surface area contributed by atoms with E-state index < -0.39 is 18.6 Å². The molecule has 1 aromatic heterocycles. The summed E-state index contributed by atoms with van der Waals surface area (Å²) in [7, 11) is 0. The topological polar surface area (TPSA) is 205 Å². The molecule has 0 saturated heterocycles. The first-order chi connectivity index (χ1) is 15.3. The number of aromatic nitrogens is 1. The zero-order valence-corrected chi connectivity index (χ0v) is 17.4. The van der Waals surface area contributed by atoms with Gasteiger partial charge in [-0.05, 0) is 13.0 Å². The molecule has 12 nitrogen and oxygen atoms in total. The number of carbonyl (C=O) groups is 1. The van der Waals surface area contributed by atoms with Gasteiger partial charge in [0.05, 0.1) is 17.3 Å². The van der Waals surface area contributed by atoms with Crippen LogP contribution < -0.4 is 31.6 Å². The van der Waals surface area contributed by atoms with Crippen molar-refractivity contribution in [1.82, 2.24) is 10.3 Å². The van der Waals surface area contributed by atoms with Crippen LogP contribution >= 0.6 is 11.6 Å². The zero-order valence-electron chi connectivity index (χ0n) is 16.6. The number of anilines is 3. The van der Waals surface area contributed by atoms with Gasteiger partial charge in [0.25, 0.3) is 0 Å². The predicted molar refractivity (Wildman–Crippen MR) is 115 cm³/mol. The Kier molecular flexibility index (Phi) is 6.37. The molecule has 0 spiro atoms. The number of hydrogen-bond donors (Lipinski definition) is 5. The number of halogens is 1. The van der Waals surface area contributed by atoms with E-state index in [2.05, 4.69) is 20.6 Å². The number of nitrogens with zero attached hydrogens (tertiary/aromatic N) is 4. The lowest BCUT2D eigenvalue weighted by atomic mass is 9.94. The molecule has 0 saturated carbocycles. The van der Waals surface area contributed by atoms with Gasteiger partial charge >= 0.3 is 5.97 Å². The minimum absolute atomic E-state index is 0.0231. The van der Waals surface area contributed by atoms with Gasteiger partial charge in [-0.1, -0.05) is 11.6 Å². The number of carboxylic acids is 1. The van der Waals surface area contributed by atoms with Crippen LogP contribution in [-0.4, -0.2) is 35.2 Å². The summed E-state index contributed by atoms with van der Waals surface area (Å²) >= 11 is 6.49. The van der Waals surface area contributed by atoms with E-state index in [4.69, 9.17) is 42.9 Å². The van der Waals surface area contributed by atoms with Crippen LogP contribution in [0.15, 0.2) is 17.1 Å². The minimum Gasteiger partial charge on any atom is -0.490 e. The van der Waals surface area contributed by atoms with Crippen LogP contribution in [0.4, 0.5) is 17.3 Å². The Morgan fingerprint density at radius 2 is 2.06 bits per heavy atom. The van der Waals surface area contributed by atoms with E-state index in [9.17, 15) is 10.1 Å². The second-order valence-electron chi connectivity index (χ2n) is 6.34. The average molecular weight is 457 g/mol. The number of guanidine groups is 1. The molecule has 1 aliphatic heterocycles. The molecular formula is C19H17ClN8O4. The second kappa shape index (κ2) is 9.16. The van der Waals surface area contributed by atoms with Gasteiger partial charge in [0, 0.05) is 17.2 Å². The first-order valence-electron chi connectivity index (χ1n) is 9.10. The number of nitrogen functional groups attached to an aromatic ring is 2. The fourth-order valence-corrected chi connectivity index (χ4v) is 3.34. The molecule has 3 rings (SSSR count). The Balaban J connectivity index is 2.22.